The van der Waals surface area contributed by atoms with E-state index in [1.54, 1.807) is 0 Å². The zero-order chi connectivity index (χ0) is 7.28. The van der Waals surface area contributed by atoms with Gasteiger partial charge in [-0.1, -0.05) is 39.7 Å². The SMILES string of the molecule is CCC[SiH](Br)C(C)CC. The van der Waals surface area contributed by atoms with Crippen LogP contribution in [0.3, 0.4) is 0 Å². The quantitative estimate of drug-likeness (QED) is 0.492. The Morgan fingerprint density at radius 1 is 1.44 bits per heavy atom. The van der Waals surface area contributed by atoms with Gasteiger partial charge in [0.25, 0.3) is 0 Å². The number of hydrogen-bond acceptors (Lipinski definition) is 0. The van der Waals surface area contributed by atoms with Gasteiger partial charge in [-0.3, -0.25) is 0 Å². The molecular weight excluding hydrogens is 192 g/mol. The van der Waals surface area contributed by atoms with E-state index in [2.05, 4.69) is 36.1 Å². The summed E-state index contributed by atoms with van der Waals surface area (Å²) in [6, 6.07) is 1.45. The molecule has 0 aliphatic rings. The van der Waals surface area contributed by atoms with Crippen molar-refractivity contribution in [2.75, 3.05) is 0 Å². The molecule has 0 nitrogen and oxygen atoms in total. The molecule has 0 fully saturated rings. The lowest BCUT2D eigenvalue weighted by molar-refractivity contribution is 0.854. The fourth-order valence-electron chi connectivity index (χ4n) is 0.816. The Kier molecular flexibility index (Phi) is 5.90. The van der Waals surface area contributed by atoms with E-state index in [0.29, 0.717) is 0 Å². The second kappa shape index (κ2) is 5.48. The first-order valence-corrected chi connectivity index (χ1v) is 8.53. The average molecular weight is 209 g/mol. The molecule has 0 amide bonds. The minimum Gasteiger partial charge on any atom is -0.131 e. The fourth-order valence-corrected chi connectivity index (χ4v) is 4.94. The summed E-state index contributed by atoms with van der Waals surface area (Å²) in [7, 11) is -0.484. The predicted molar refractivity (Wildman–Crippen MR) is 50.9 cm³/mol. The van der Waals surface area contributed by atoms with Crippen molar-refractivity contribution >= 4 is 22.7 Å². The zero-order valence-corrected chi connectivity index (χ0v) is 9.39. The highest BCUT2D eigenvalue weighted by Crippen LogP contribution is 2.22. The largest absolute Gasteiger partial charge is 0.131 e. The summed E-state index contributed by atoms with van der Waals surface area (Å²) in [5, 5.41) is 0. The molecule has 2 heteroatoms. The van der Waals surface area contributed by atoms with Crippen molar-refractivity contribution in [1.82, 2.24) is 0 Å². The summed E-state index contributed by atoms with van der Waals surface area (Å²) in [6.45, 7) is 6.91. The molecule has 0 N–H and O–H groups in total. The Bertz CT molecular complexity index is 65.9. The van der Waals surface area contributed by atoms with E-state index in [9.17, 15) is 0 Å². The van der Waals surface area contributed by atoms with E-state index in [-0.39, 0.29) is 0 Å². The molecule has 0 spiro atoms. The van der Waals surface area contributed by atoms with Gasteiger partial charge >= 0.3 is 0 Å². The van der Waals surface area contributed by atoms with Gasteiger partial charge in [-0.05, 0) is 5.54 Å². The lowest BCUT2D eigenvalue weighted by Gasteiger charge is -2.12. The molecule has 0 rings (SSSR count). The second-order valence-electron chi connectivity index (χ2n) is 2.69. The van der Waals surface area contributed by atoms with Crippen LogP contribution in [0.15, 0.2) is 0 Å². The first-order chi connectivity index (χ1) is 4.22. The first-order valence-electron chi connectivity index (χ1n) is 3.86. The van der Waals surface area contributed by atoms with Crippen LogP contribution >= 0.6 is 15.3 Å². The lowest BCUT2D eigenvalue weighted by atomic mass is 10.4. The van der Waals surface area contributed by atoms with Gasteiger partial charge in [0.05, 0.1) is 0 Å². The maximum Gasteiger partial charge on any atom is 0.117 e. The number of hydrogen-bond donors (Lipinski definition) is 0. The van der Waals surface area contributed by atoms with Gasteiger partial charge in [0.2, 0.25) is 0 Å². The predicted octanol–water partition coefficient (Wildman–Crippen LogP) is 3.32. The first kappa shape index (κ1) is 9.70. The van der Waals surface area contributed by atoms with Crippen LogP contribution in [0.4, 0.5) is 0 Å². The summed E-state index contributed by atoms with van der Waals surface area (Å²) in [6.07, 6.45) is 2.70. The molecule has 2 unspecified atom stereocenters. The molecule has 0 saturated carbocycles. The van der Waals surface area contributed by atoms with Gasteiger partial charge in [0.1, 0.15) is 7.42 Å². The van der Waals surface area contributed by atoms with Crippen molar-refractivity contribution in [3.8, 4) is 0 Å². The molecule has 0 aliphatic heterocycles. The van der Waals surface area contributed by atoms with Crippen LogP contribution < -0.4 is 0 Å². The minimum atomic E-state index is -0.484. The Labute approximate surface area is 68.2 Å². The van der Waals surface area contributed by atoms with E-state index in [0.717, 1.165) is 5.54 Å². The minimum absolute atomic E-state index is 0.484. The van der Waals surface area contributed by atoms with Crippen molar-refractivity contribution in [3.63, 3.8) is 0 Å². The van der Waals surface area contributed by atoms with E-state index in [1.807, 2.05) is 0 Å². The van der Waals surface area contributed by atoms with Gasteiger partial charge in [-0.25, -0.2) is 0 Å². The van der Waals surface area contributed by atoms with Crippen LogP contribution in [0.2, 0.25) is 11.6 Å². The molecule has 0 aromatic heterocycles. The smallest absolute Gasteiger partial charge is 0.117 e. The molecule has 56 valence electrons. The highest BCUT2D eigenvalue weighted by molar-refractivity contribution is 9.24. The summed E-state index contributed by atoms with van der Waals surface area (Å²) in [4.78, 5) is 0. The standard InChI is InChI=1S/C7H17BrSi/c1-4-6-9(8)7(3)5-2/h7,9H,4-6H2,1-3H3. The van der Waals surface area contributed by atoms with Gasteiger partial charge in [0.15, 0.2) is 0 Å². The highest BCUT2D eigenvalue weighted by atomic mass is 79.9. The van der Waals surface area contributed by atoms with Crippen LogP contribution in [-0.4, -0.2) is 7.42 Å². The molecule has 2 atom stereocenters. The van der Waals surface area contributed by atoms with E-state index in [4.69, 9.17) is 0 Å². The van der Waals surface area contributed by atoms with Crippen LogP contribution in [0, 0.1) is 0 Å². The van der Waals surface area contributed by atoms with Crippen molar-refractivity contribution in [2.24, 2.45) is 0 Å². The van der Waals surface area contributed by atoms with Crippen molar-refractivity contribution in [3.05, 3.63) is 0 Å². The molecule has 0 aliphatic carbocycles. The van der Waals surface area contributed by atoms with Gasteiger partial charge in [-0.2, -0.15) is 0 Å². The van der Waals surface area contributed by atoms with Crippen molar-refractivity contribution in [2.45, 2.75) is 45.2 Å². The molecule has 0 saturated heterocycles. The van der Waals surface area contributed by atoms with Crippen LogP contribution in [0.25, 0.3) is 0 Å². The Hall–Kier alpha value is 0.697. The van der Waals surface area contributed by atoms with Crippen LogP contribution in [-0.2, 0) is 0 Å². The van der Waals surface area contributed by atoms with Crippen molar-refractivity contribution in [1.29, 1.82) is 0 Å². The van der Waals surface area contributed by atoms with E-state index >= 15 is 0 Å². The molecular formula is C7H17BrSi. The Balaban J connectivity index is 3.32. The average Bonchev–Trinajstić information content (AvgIpc) is 1.87. The zero-order valence-electron chi connectivity index (χ0n) is 6.65. The second-order valence-corrected chi connectivity index (χ2v) is 8.97. The Morgan fingerprint density at radius 2 is 2.00 bits per heavy atom. The Morgan fingerprint density at radius 3 is 2.33 bits per heavy atom. The third-order valence-corrected chi connectivity index (χ3v) is 8.74. The molecule has 0 bridgehead atoms. The molecule has 9 heavy (non-hydrogen) atoms. The topological polar surface area (TPSA) is 0 Å². The number of rotatable bonds is 4. The maximum absolute atomic E-state index is 3.80. The molecule has 0 radical (unpaired) electrons. The monoisotopic (exact) mass is 208 g/mol. The van der Waals surface area contributed by atoms with Crippen LogP contribution in [0.1, 0.15) is 33.6 Å². The van der Waals surface area contributed by atoms with Gasteiger partial charge < -0.3 is 0 Å². The van der Waals surface area contributed by atoms with Gasteiger partial charge in [0, 0.05) is 0 Å². The maximum atomic E-state index is 3.80. The van der Waals surface area contributed by atoms with E-state index in [1.165, 1.54) is 18.9 Å². The summed E-state index contributed by atoms with van der Waals surface area (Å²) >= 11 is 3.80. The van der Waals surface area contributed by atoms with Crippen LogP contribution in [0.5, 0.6) is 0 Å². The molecule has 0 aromatic carbocycles. The molecule has 0 heterocycles. The summed E-state index contributed by atoms with van der Waals surface area (Å²) in [5.41, 5.74) is 0.977. The summed E-state index contributed by atoms with van der Waals surface area (Å²) in [5.74, 6) is 0. The van der Waals surface area contributed by atoms with E-state index < -0.39 is 7.42 Å². The van der Waals surface area contributed by atoms with Gasteiger partial charge in [-0.15, -0.1) is 15.3 Å². The fraction of sp³-hybridized carbons (Fsp3) is 1.00. The normalized spacial score (nSPS) is 17.3. The lowest BCUT2D eigenvalue weighted by Crippen LogP contribution is -2.08. The van der Waals surface area contributed by atoms with Crippen molar-refractivity contribution < 1.29 is 0 Å². The third-order valence-electron chi connectivity index (χ3n) is 1.83. The molecule has 0 aromatic rings. The highest BCUT2D eigenvalue weighted by Gasteiger charge is 2.11. The third kappa shape index (κ3) is 4.15. The number of halogens is 1. The summed E-state index contributed by atoms with van der Waals surface area (Å²) < 4.78 is 0.